The third kappa shape index (κ3) is 3.40. The van der Waals surface area contributed by atoms with Gasteiger partial charge in [0, 0.05) is 6.54 Å². The maximum atomic E-state index is 12.1. The van der Waals surface area contributed by atoms with E-state index in [0.29, 0.717) is 17.9 Å². The van der Waals surface area contributed by atoms with Crippen LogP contribution in [0.25, 0.3) is 0 Å². The molecule has 1 amide bonds. The second kappa shape index (κ2) is 6.59. The first-order valence-electron chi connectivity index (χ1n) is 7.39. The van der Waals surface area contributed by atoms with E-state index in [1.165, 1.54) is 24.8 Å². The van der Waals surface area contributed by atoms with Crippen LogP contribution < -0.4 is 11.1 Å². The number of nitrogens with one attached hydrogen (secondary N) is 2. The second-order valence-corrected chi connectivity index (χ2v) is 5.67. The summed E-state index contributed by atoms with van der Waals surface area (Å²) in [5, 5.41) is 9.77. The van der Waals surface area contributed by atoms with Crippen LogP contribution in [0.15, 0.2) is 11.6 Å². The number of nitrogen functional groups attached to an aromatic ring is 1. The predicted molar refractivity (Wildman–Crippen MR) is 80.6 cm³/mol. The predicted octanol–water partition coefficient (Wildman–Crippen LogP) is 2.74. The molecule has 110 valence electrons. The Balaban J connectivity index is 1.87. The van der Waals surface area contributed by atoms with Crippen LogP contribution in [0.5, 0.6) is 0 Å². The number of hydrogen-bond acceptors (Lipinski definition) is 3. The Morgan fingerprint density at radius 1 is 1.50 bits per heavy atom. The van der Waals surface area contributed by atoms with E-state index >= 15 is 0 Å². The highest BCUT2D eigenvalue weighted by atomic mass is 16.1. The Morgan fingerprint density at radius 3 is 2.90 bits per heavy atom. The van der Waals surface area contributed by atoms with Gasteiger partial charge in [-0.05, 0) is 38.0 Å². The number of carbonyl (C=O) groups excluding carboxylic acids is 1. The lowest BCUT2D eigenvalue weighted by Crippen LogP contribution is -2.26. The normalized spacial score (nSPS) is 15.2. The summed E-state index contributed by atoms with van der Waals surface area (Å²) < 4.78 is 0. The Morgan fingerprint density at radius 2 is 2.30 bits per heavy atom. The lowest BCUT2D eigenvalue weighted by atomic mass is 9.97. The second-order valence-electron chi connectivity index (χ2n) is 5.67. The van der Waals surface area contributed by atoms with Gasteiger partial charge in [-0.3, -0.25) is 9.89 Å². The van der Waals surface area contributed by atoms with Gasteiger partial charge >= 0.3 is 0 Å². The molecule has 1 aliphatic rings. The van der Waals surface area contributed by atoms with Gasteiger partial charge in [0.2, 0.25) is 0 Å². The molecular formula is C15H24N4O. The van der Waals surface area contributed by atoms with Crippen LogP contribution in [0, 0.1) is 0 Å². The van der Waals surface area contributed by atoms with Crippen molar-refractivity contribution in [2.24, 2.45) is 0 Å². The van der Waals surface area contributed by atoms with E-state index in [1.54, 1.807) is 0 Å². The fourth-order valence-corrected chi connectivity index (χ4v) is 2.53. The molecule has 0 aromatic carbocycles. The van der Waals surface area contributed by atoms with Crippen molar-refractivity contribution >= 4 is 11.6 Å². The Kier molecular flexibility index (Phi) is 4.82. The largest absolute Gasteiger partial charge is 0.395 e. The molecule has 0 unspecified atom stereocenters. The van der Waals surface area contributed by atoms with E-state index in [2.05, 4.69) is 21.6 Å². The molecule has 0 atom stereocenters. The number of carbonyl (C=O) groups is 1. The van der Waals surface area contributed by atoms with Crippen LogP contribution >= 0.6 is 0 Å². The molecule has 1 aliphatic carbocycles. The first-order chi connectivity index (χ1) is 9.59. The molecule has 2 rings (SSSR count). The zero-order valence-corrected chi connectivity index (χ0v) is 12.3. The number of anilines is 1. The molecular weight excluding hydrogens is 252 g/mol. The quantitative estimate of drug-likeness (QED) is 0.723. The fourth-order valence-electron chi connectivity index (χ4n) is 2.53. The number of aromatic nitrogens is 2. The van der Waals surface area contributed by atoms with E-state index in [1.807, 2.05) is 13.8 Å². The van der Waals surface area contributed by atoms with E-state index in [9.17, 15) is 4.79 Å². The van der Waals surface area contributed by atoms with Gasteiger partial charge < -0.3 is 11.1 Å². The maximum Gasteiger partial charge on any atom is 0.273 e. The highest BCUT2D eigenvalue weighted by Gasteiger charge is 2.18. The number of H-pyrrole nitrogens is 1. The molecule has 1 heterocycles. The van der Waals surface area contributed by atoms with Crippen LogP contribution in [0.1, 0.15) is 68.1 Å². The molecule has 5 heteroatoms. The minimum Gasteiger partial charge on any atom is -0.395 e. The van der Waals surface area contributed by atoms with Crippen molar-refractivity contribution < 1.29 is 4.79 Å². The Bertz CT molecular complexity index is 502. The van der Waals surface area contributed by atoms with Gasteiger partial charge in [0.05, 0.1) is 11.4 Å². The summed E-state index contributed by atoms with van der Waals surface area (Å²) in [5.41, 5.74) is 9.01. The van der Waals surface area contributed by atoms with Gasteiger partial charge in [0.15, 0.2) is 5.69 Å². The van der Waals surface area contributed by atoms with Crippen molar-refractivity contribution in [3.05, 3.63) is 23.0 Å². The maximum absolute atomic E-state index is 12.1. The van der Waals surface area contributed by atoms with Crippen LogP contribution in [0.2, 0.25) is 0 Å². The summed E-state index contributed by atoms with van der Waals surface area (Å²) in [6.07, 6.45) is 8.12. The van der Waals surface area contributed by atoms with Crippen LogP contribution in [-0.2, 0) is 0 Å². The van der Waals surface area contributed by atoms with Crippen LogP contribution in [0.4, 0.5) is 5.69 Å². The van der Waals surface area contributed by atoms with E-state index < -0.39 is 0 Å². The molecule has 0 spiro atoms. The van der Waals surface area contributed by atoms with Crippen molar-refractivity contribution in [2.45, 2.75) is 51.9 Å². The monoisotopic (exact) mass is 276 g/mol. The Labute approximate surface area is 120 Å². The van der Waals surface area contributed by atoms with Crippen molar-refractivity contribution in [3.63, 3.8) is 0 Å². The van der Waals surface area contributed by atoms with Gasteiger partial charge in [0.1, 0.15) is 0 Å². The molecule has 0 saturated carbocycles. The summed E-state index contributed by atoms with van der Waals surface area (Å²) in [4.78, 5) is 12.1. The number of rotatable bonds is 5. The molecule has 1 aromatic rings. The lowest BCUT2D eigenvalue weighted by molar-refractivity contribution is 0.0950. The van der Waals surface area contributed by atoms with Crippen molar-refractivity contribution in [2.75, 3.05) is 12.3 Å². The summed E-state index contributed by atoms with van der Waals surface area (Å²) >= 11 is 0. The summed E-state index contributed by atoms with van der Waals surface area (Å²) in [7, 11) is 0. The topological polar surface area (TPSA) is 83.8 Å². The Hall–Kier alpha value is -1.78. The number of nitrogens with zero attached hydrogens (tertiary/aromatic N) is 1. The van der Waals surface area contributed by atoms with Gasteiger partial charge in [-0.1, -0.05) is 25.5 Å². The summed E-state index contributed by atoms with van der Waals surface area (Å²) in [6, 6.07) is 0. The third-order valence-electron chi connectivity index (χ3n) is 3.74. The number of amides is 1. The highest BCUT2D eigenvalue weighted by molar-refractivity contribution is 5.97. The number of nitrogens with two attached hydrogens (primary N) is 1. The first-order valence-corrected chi connectivity index (χ1v) is 7.39. The lowest BCUT2D eigenvalue weighted by Gasteiger charge is -2.12. The van der Waals surface area contributed by atoms with E-state index in [-0.39, 0.29) is 11.8 Å². The van der Waals surface area contributed by atoms with E-state index in [0.717, 1.165) is 18.5 Å². The first kappa shape index (κ1) is 14.6. The fraction of sp³-hybridized carbons (Fsp3) is 0.600. The van der Waals surface area contributed by atoms with Crippen LogP contribution in [-0.4, -0.2) is 22.6 Å². The van der Waals surface area contributed by atoms with Crippen molar-refractivity contribution in [3.8, 4) is 0 Å². The highest BCUT2D eigenvalue weighted by Crippen LogP contribution is 2.22. The average Bonchev–Trinajstić information content (AvgIpc) is 2.82. The van der Waals surface area contributed by atoms with Crippen molar-refractivity contribution in [1.29, 1.82) is 0 Å². The number of allylic oxidation sites excluding steroid dienone is 1. The molecule has 4 N–H and O–H groups in total. The third-order valence-corrected chi connectivity index (χ3v) is 3.74. The van der Waals surface area contributed by atoms with Crippen LogP contribution in [0.3, 0.4) is 0 Å². The van der Waals surface area contributed by atoms with Gasteiger partial charge in [0.25, 0.3) is 5.91 Å². The molecule has 0 aliphatic heterocycles. The molecule has 0 saturated heterocycles. The minimum absolute atomic E-state index is 0.193. The number of hydrogen-bond donors (Lipinski definition) is 3. The SMILES string of the molecule is CC(C)c1[nH]nc(C(=O)NCCC2=CCCCC2)c1N. The molecule has 0 fully saturated rings. The smallest absolute Gasteiger partial charge is 0.273 e. The number of aromatic amines is 1. The molecule has 20 heavy (non-hydrogen) atoms. The molecule has 0 bridgehead atoms. The van der Waals surface area contributed by atoms with Gasteiger partial charge in [-0.2, -0.15) is 5.10 Å². The molecule has 5 nitrogen and oxygen atoms in total. The van der Waals surface area contributed by atoms with Crippen molar-refractivity contribution in [1.82, 2.24) is 15.5 Å². The molecule has 0 radical (unpaired) electrons. The summed E-state index contributed by atoms with van der Waals surface area (Å²) in [6.45, 7) is 4.68. The molecule has 1 aromatic heterocycles. The summed E-state index contributed by atoms with van der Waals surface area (Å²) in [5.74, 6) is 0.0403. The average molecular weight is 276 g/mol. The van der Waals surface area contributed by atoms with Gasteiger partial charge in [-0.15, -0.1) is 0 Å². The minimum atomic E-state index is -0.193. The van der Waals surface area contributed by atoms with E-state index in [4.69, 9.17) is 5.73 Å². The zero-order valence-electron chi connectivity index (χ0n) is 12.3. The standard InChI is InChI=1S/C15H24N4O/c1-10(2)13-12(16)14(19-18-13)15(20)17-9-8-11-6-4-3-5-7-11/h6,10H,3-5,7-9,16H2,1-2H3,(H,17,20)(H,18,19). The van der Waals surface area contributed by atoms with Gasteiger partial charge in [-0.25, -0.2) is 0 Å². The zero-order chi connectivity index (χ0) is 14.5.